The number of anilines is 1. The lowest BCUT2D eigenvalue weighted by molar-refractivity contribution is -0.129. The van der Waals surface area contributed by atoms with E-state index in [2.05, 4.69) is 5.32 Å². The third-order valence-electron chi connectivity index (χ3n) is 5.04. The summed E-state index contributed by atoms with van der Waals surface area (Å²) in [4.78, 5) is 27.5. The molecule has 4 rings (SSSR count). The van der Waals surface area contributed by atoms with Crippen LogP contribution >= 0.6 is 24.0 Å². The lowest BCUT2D eigenvalue weighted by atomic mass is 10.0. The summed E-state index contributed by atoms with van der Waals surface area (Å²) in [5.74, 6) is -0.545. The Labute approximate surface area is 195 Å². The van der Waals surface area contributed by atoms with E-state index in [0.717, 1.165) is 16.7 Å². The van der Waals surface area contributed by atoms with Crippen LogP contribution in [0, 0.1) is 0 Å². The zero-order chi connectivity index (χ0) is 22.7. The van der Waals surface area contributed by atoms with E-state index in [-0.39, 0.29) is 17.6 Å². The Morgan fingerprint density at radius 1 is 1.00 bits per heavy atom. The van der Waals surface area contributed by atoms with Crippen LogP contribution in [0.25, 0.3) is 17.2 Å². The smallest absolute Gasteiger partial charge is 0.266 e. The van der Waals surface area contributed by atoms with Crippen LogP contribution in [0.5, 0.6) is 5.75 Å². The fourth-order valence-corrected chi connectivity index (χ4v) is 4.69. The van der Waals surface area contributed by atoms with Gasteiger partial charge in [0, 0.05) is 5.69 Å². The van der Waals surface area contributed by atoms with Gasteiger partial charge in [-0.2, -0.15) is 0 Å². The maximum atomic E-state index is 13.0. The standard InChI is InChI=1S/C25H20N2O3S2/c1-16(23(29)26-20-11-13-21(28)14-12-20)27-24(30)22(32-25(27)31)15-17-7-9-19(10-8-17)18-5-3-2-4-6-18/h2-16,28H,1H3,(H,26,29)/b22-15-. The molecule has 0 aliphatic carbocycles. The molecular weight excluding hydrogens is 440 g/mol. The van der Waals surface area contributed by atoms with Crippen molar-refractivity contribution in [1.82, 2.24) is 4.90 Å². The predicted octanol–water partition coefficient (Wildman–Crippen LogP) is 5.29. The van der Waals surface area contributed by atoms with E-state index in [4.69, 9.17) is 12.2 Å². The average Bonchev–Trinajstić information content (AvgIpc) is 3.08. The second-order valence-electron chi connectivity index (χ2n) is 7.25. The van der Waals surface area contributed by atoms with Crippen LogP contribution in [-0.4, -0.2) is 32.2 Å². The predicted molar refractivity (Wildman–Crippen MR) is 133 cm³/mol. The van der Waals surface area contributed by atoms with E-state index < -0.39 is 6.04 Å². The van der Waals surface area contributed by atoms with Gasteiger partial charge in [-0.05, 0) is 54.0 Å². The van der Waals surface area contributed by atoms with Crippen LogP contribution < -0.4 is 5.32 Å². The van der Waals surface area contributed by atoms with Crippen LogP contribution in [-0.2, 0) is 9.59 Å². The van der Waals surface area contributed by atoms with Gasteiger partial charge in [-0.1, -0.05) is 78.6 Å². The number of hydrogen-bond donors (Lipinski definition) is 2. The summed E-state index contributed by atoms with van der Waals surface area (Å²) in [6.45, 7) is 1.64. The number of phenolic OH excluding ortho intramolecular Hbond substituents is 1. The number of aromatic hydroxyl groups is 1. The van der Waals surface area contributed by atoms with Crippen molar-refractivity contribution in [3.8, 4) is 16.9 Å². The van der Waals surface area contributed by atoms with Crippen molar-refractivity contribution in [2.24, 2.45) is 0 Å². The van der Waals surface area contributed by atoms with Gasteiger partial charge in [-0.3, -0.25) is 14.5 Å². The third kappa shape index (κ3) is 4.74. The van der Waals surface area contributed by atoms with E-state index in [0.29, 0.717) is 14.9 Å². The van der Waals surface area contributed by atoms with Crippen molar-refractivity contribution < 1.29 is 14.7 Å². The first kappa shape index (κ1) is 21.8. The number of hydrogen-bond acceptors (Lipinski definition) is 5. The maximum Gasteiger partial charge on any atom is 0.266 e. The highest BCUT2D eigenvalue weighted by Gasteiger charge is 2.38. The minimum atomic E-state index is -0.775. The number of amides is 2. The Morgan fingerprint density at radius 2 is 1.62 bits per heavy atom. The highest BCUT2D eigenvalue weighted by molar-refractivity contribution is 8.26. The highest BCUT2D eigenvalue weighted by Crippen LogP contribution is 2.34. The van der Waals surface area contributed by atoms with Crippen LogP contribution in [0.2, 0.25) is 0 Å². The van der Waals surface area contributed by atoms with E-state index in [9.17, 15) is 14.7 Å². The van der Waals surface area contributed by atoms with Crippen molar-refractivity contribution in [3.05, 3.63) is 89.3 Å². The molecule has 5 nitrogen and oxygen atoms in total. The van der Waals surface area contributed by atoms with Crippen molar-refractivity contribution in [2.45, 2.75) is 13.0 Å². The molecule has 1 heterocycles. The Kier molecular flexibility index (Phi) is 6.39. The Balaban J connectivity index is 1.47. The number of carbonyl (C=O) groups is 2. The molecule has 2 N–H and O–H groups in total. The minimum Gasteiger partial charge on any atom is -0.508 e. The molecule has 0 bridgehead atoms. The molecular formula is C25H20N2O3S2. The summed E-state index contributed by atoms with van der Waals surface area (Å²) in [5.41, 5.74) is 3.62. The van der Waals surface area contributed by atoms with E-state index >= 15 is 0 Å². The van der Waals surface area contributed by atoms with E-state index in [1.54, 1.807) is 25.1 Å². The lowest BCUT2D eigenvalue weighted by Gasteiger charge is -2.22. The van der Waals surface area contributed by atoms with Gasteiger partial charge in [0.2, 0.25) is 5.91 Å². The van der Waals surface area contributed by atoms with Crippen molar-refractivity contribution >= 4 is 51.9 Å². The van der Waals surface area contributed by atoms with Gasteiger partial charge in [-0.25, -0.2) is 0 Å². The molecule has 32 heavy (non-hydrogen) atoms. The van der Waals surface area contributed by atoms with Gasteiger partial charge in [-0.15, -0.1) is 0 Å². The fraction of sp³-hybridized carbons (Fsp3) is 0.0800. The van der Waals surface area contributed by atoms with Gasteiger partial charge in [0.1, 0.15) is 16.1 Å². The quantitative estimate of drug-likeness (QED) is 0.308. The third-order valence-corrected chi connectivity index (χ3v) is 6.37. The number of carbonyl (C=O) groups excluding carboxylic acids is 2. The summed E-state index contributed by atoms with van der Waals surface area (Å²) in [7, 11) is 0. The highest BCUT2D eigenvalue weighted by atomic mass is 32.2. The fourth-order valence-electron chi connectivity index (χ4n) is 3.28. The zero-order valence-electron chi connectivity index (χ0n) is 17.2. The first-order chi connectivity index (χ1) is 15.4. The molecule has 3 aromatic carbocycles. The first-order valence-electron chi connectivity index (χ1n) is 9.95. The molecule has 7 heteroatoms. The second kappa shape index (κ2) is 9.38. The normalized spacial score (nSPS) is 15.8. The number of benzene rings is 3. The number of rotatable bonds is 5. The summed E-state index contributed by atoms with van der Waals surface area (Å²) < 4.78 is 0.343. The van der Waals surface area contributed by atoms with E-state index in [1.807, 2.05) is 54.6 Å². The molecule has 2 amide bonds. The van der Waals surface area contributed by atoms with Gasteiger partial charge in [0.15, 0.2) is 0 Å². The SMILES string of the molecule is CC(C(=O)Nc1ccc(O)cc1)N1C(=O)/C(=C/c2ccc(-c3ccccc3)cc2)SC1=S. The molecule has 3 aromatic rings. The molecule has 1 unspecified atom stereocenters. The molecule has 1 fully saturated rings. The van der Waals surface area contributed by atoms with Crippen LogP contribution in [0.3, 0.4) is 0 Å². The largest absolute Gasteiger partial charge is 0.508 e. The molecule has 0 saturated carbocycles. The summed E-state index contributed by atoms with van der Waals surface area (Å²) in [6, 6.07) is 23.3. The van der Waals surface area contributed by atoms with Crippen LogP contribution in [0.1, 0.15) is 12.5 Å². The number of phenols is 1. The number of nitrogens with zero attached hydrogens (tertiary/aromatic N) is 1. The van der Waals surface area contributed by atoms with Gasteiger partial charge in [0.05, 0.1) is 4.91 Å². The van der Waals surface area contributed by atoms with Crippen molar-refractivity contribution in [2.75, 3.05) is 5.32 Å². The molecule has 0 aromatic heterocycles. The molecule has 0 radical (unpaired) electrons. The summed E-state index contributed by atoms with van der Waals surface area (Å²) in [6.07, 6.45) is 1.79. The van der Waals surface area contributed by atoms with E-state index in [1.165, 1.54) is 28.8 Å². The zero-order valence-corrected chi connectivity index (χ0v) is 18.8. The Bertz CT molecular complexity index is 1190. The number of thiocarbonyl (C=S) groups is 1. The average molecular weight is 461 g/mol. The molecule has 1 aliphatic heterocycles. The second-order valence-corrected chi connectivity index (χ2v) is 8.93. The maximum absolute atomic E-state index is 13.0. The molecule has 0 spiro atoms. The Morgan fingerprint density at radius 3 is 2.28 bits per heavy atom. The van der Waals surface area contributed by atoms with Crippen molar-refractivity contribution in [1.29, 1.82) is 0 Å². The monoisotopic (exact) mass is 460 g/mol. The topological polar surface area (TPSA) is 69.6 Å². The summed E-state index contributed by atoms with van der Waals surface area (Å²) >= 11 is 6.57. The first-order valence-corrected chi connectivity index (χ1v) is 11.2. The molecule has 160 valence electrons. The number of thioether (sulfide) groups is 1. The van der Waals surface area contributed by atoms with Gasteiger partial charge in [0.25, 0.3) is 5.91 Å². The molecule has 1 aliphatic rings. The Hall–Kier alpha value is -3.42. The van der Waals surface area contributed by atoms with Crippen molar-refractivity contribution in [3.63, 3.8) is 0 Å². The van der Waals surface area contributed by atoms with Gasteiger partial charge < -0.3 is 10.4 Å². The van der Waals surface area contributed by atoms with Crippen LogP contribution in [0.15, 0.2) is 83.8 Å². The van der Waals surface area contributed by atoms with Gasteiger partial charge >= 0.3 is 0 Å². The summed E-state index contributed by atoms with van der Waals surface area (Å²) in [5, 5.41) is 12.1. The molecule has 1 saturated heterocycles. The van der Waals surface area contributed by atoms with Crippen LogP contribution in [0.4, 0.5) is 5.69 Å². The minimum absolute atomic E-state index is 0.106. The lowest BCUT2D eigenvalue weighted by Crippen LogP contribution is -2.44. The number of nitrogens with one attached hydrogen (secondary N) is 1. The molecule has 1 atom stereocenters.